The number of ether oxygens (including phenoxy) is 1. The highest BCUT2D eigenvalue weighted by Crippen LogP contribution is 2.50. The van der Waals surface area contributed by atoms with Crippen molar-refractivity contribution in [1.29, 1.82) is 0 Å². The maximum absolute atomic E-state index is 12.3. The van der Waals surface area contributed by atoms with Crippen LogP contribution in [-0.2, 0) is 25.1 Å². The fourth-order valence-electron chi connectivity index (χ4n) is 2.35. The number of benzene rings is 1. The van der Waals surface area contributed by atoms with Gasteiger partial charge in [0.1, 0.15) is 0 Å². The molecule has 1 fully saturated rings. The van der Waals surface area contributed by atoms with Crippen LogP contribution < -0.4 is 5.73 Å². The van der Waals surface area contributed by atoms with Crippen molar-refractivity contribution in [2.24, 2.45) is 5.41 Å². The molecule has 1 aliphatic rings. The number of para-hydroxylation sites is 1. The third-order valence-electron chi connectivity index (χ3n) is 3.66. The Labute approximate surface area is 119 Å². The number of carbonyl (C=O) groups is 1. The van der Waals surface area contributed by atoms with E-state index in [4.69, 9.17) is 5.73 Å². The third-order valence-corrected chi connectivity index (χ3v) is 5.46. The van der Waals surface area contributed by atoms with Gasteiger partial charge in [-0.1, -0.05) is 18.2 Å². The Kier molecular flexibility index (Phi) is 4.04. The van der Waals surface area contributed by atoms with Gasteiger partial charge in [0.05, 0.1) is 25.0 Å². The van der Waals surface area contributed by atoms with Gasteiger partial charge in [0.25, 0.3) is 0 Å². The second-order valence-corrected chi connectivity index (χ2v) is 7.55. The first-order valence-electron chi connectivity index (χ1n) is 6.46. The van der Waals surface area contributed by atoms with Crippen LogP contribution in [0.25, 0.3) is 0 Å². The van der Waals surface area contributed by atoms with Crippen LogP contribution in [0.2, 0.25) is 0 Å². The van der Waals surface area contributed by atoms with Gasteiger partial charge in [0.2, 0.25) is 0 Å². The Morgan fingerprint density at radius 1 is 1.35 bits per heavy atom. The summed E-state index contributed by atoms with van der Waals surface area (Å²) in [4.78, 5) is 11.3. The van der Waals surface area contributed by atoms with Crippen LogP contribution in [0.1, 0.15) is 24.8 Å². The van der Waals surface area contributed by atoms with Crippen LogP contribution in [-0.4, -0.2) is 27.2 Å². The van der Waals surface area contributed by atoms with Gasteiger partial charge in [0, 0.05) is 5.69 Å². The molecule has 0 aromatic heterocycles. The standard InChI is InChI=1S/C14H19NO4S/c1-19-13(16)8-14(6-7-14)10-20(17,18)9-11-4-2-3-5-12(11)15/h2-5H,6-10,15H2,1H3. The summed E-state index contributed by atoms with van der Waals surface area (Å²) >= 11 is 0. The smallest absolute Gasteiger partial charge is 0.306 e. The summed E-state index contributed by atoms with van der Waals surface area (Å²) in [5.74, 6) is -0.414. The van der Waals surface area contributed by atoms with E-state index >= 15 is 0 Å². The molecule has 1 aromatic carbocycles. The van der Waals surface area contributed by atoms with Crippen LogP contribution in [0, 0.1) is 5.41 Å². The Bertz CT molecular complexity index is 605. The van der Waals surface area contributed by atoms with E-state index in [1.807, 2.05) is 0 Å². The average Bonchev–Trinajstić information content (AvgIpc) is 3.10. The molecule has 6 heteroatoms. The molecular weight excluding hydrogens is 278 g/mol. The monoisotopic (exact) mass is 297 g/mol. The van der Waals surface area contributed by atoms with Crippen molar-refractivity contribution < 1.29 is 17.9 Å². The van der Waals surface area contributed by atoms with Gasteiger partial charge in [0.15, 0.2) is 9.84 Å². The summed E-state index contributed by atoms with van der Waals surface area (Å²) in [6, 6.07) is 6.94. The van der Waals surface area contributed by atoms with Crippen molar-refractivity contribution in [2.45, 2.75) is 25.0 Å². The maximum atomic E-state index is 12.3. The molecule has 2 N–H and O–H groups in total. The van der Waals surface area contributed by atoms with E-state index in [2.05, 4.69) is 4.74 Å². The van der Waals surface area contributed by atoms with E-state index in [9.17, 15) is 13.2 Å². The Morgan fingerprint density at radius 2 is 2.00 bits per heavy atom. The highest BCUT2D eigenvalue weighted by molar-refractivity contribution is 7.90. The van der Waals surface area contributed by atoms with Crippen molar-refractivity contribution >= 4 is 21.5 Å². The van der Waals surface area contributed by atoms with E-state index in [0.717, 1.165) is 12.8 Å². The molecule has 0 heterocycles. The lowest BCUT2D eigenvalue weighted by Gasteiger charge is -2.14. The number of hydrogen-bond acceptors (Lipinski definition) is 5. The normalized spacial score (nSPS) is 16.6. The zero-order valence-electron chi connectivity index (χ0n) is 11.5. The lowest BCUT2D eigenvalue weighted by Crippen LogP contribution is -2.22. The van der Waals surface area contributed by atoms with E-state index < -0.39 is 15.3 Å². The quantitative estimate of drug-likeness (QED) is 0.635. The topological polar surface area (TPSA) is 86.5 Å². The summed E-state index contributed by atoms with van der Waals surface area (Å²) < 4.78 is 29.2. The van der Waals surface area contributed by atoms with Gasteiger partial charge in [-0.25, -0.2) is 8.42 Å². The molecular formula is C14H19NO4S. The fourth-order valence-corrected chi connectivity index (χ4v) is 4.51. The number of nitrogen functional groups attached to an aromatic ring is 1. The minimum absolute atomic E-state index is 0.0173. The first-order valence-corrected chi connectivity index (χ1v) is 8.29. The molecule has 0 amide bonds. The van der Waals surface area contributed by atoms with Crippen LogP contribution in [0.3, 0.4) is 0 Å². The molecule has 0 saturated heterocycles. The van der Waals surface area contributed by atoms with Gasteiger partial charge in [-0.3, -0.25) is 4.79 Å². The SMILES string of the molecule is COC(=O)CC1(CS(=O)(=O)Cc2ccccc2N)CC1. The average molecular weight is 297 g/mol. The van der Waals surface area contributed by atoms with Crippen LogP contribution in [0.4, 0.5) is 5.69 Å². The Balaban J connectivity index is 2.05. The molecule has 2 rings (SSSR count). The van der Waals surface area contributed by atoms with E-state index in [-0.39, 0.29) is 23.9 Å². The number of nitrogens with two attached hydrogens (primary N) is 1. The van der Waals surface area contributed by atoms with Gasteiger partial charge in [-0.05, 0) is 29.9 Å². The zero-order chi connectivity index (χ0) is 14.8. The lowest BCUT2D eigenvalue weighted by atomic mass is 10.1. The minimum Gasteiger partial charge on any atom is -0.469 e. The molecule has 5 nitrogen and oxygen atoms in total. The zero-order valence-corrected chi connectivity index (χ0v) is 12.3. The predicted octanol–water partition coefficient (Wildman–Crippen LogP) is 1.53. The molecule has 1 saturated carbocycles. The highest BCUT2D eigenvalue weighted by Gasteiger charge is 2.47. The van der Waals surface area contributed by atoms with Gasteiger partial charge < -0.3 is 10.5 Å². The van der Waals surface area contributed by atoms with Crippen LogP contribution in [0.5, 0.6) is 0 Å². The number of sulfone groups is 1. The molecule has 0 unspecified atom stereocenters. The molecule has 110 valence electrons. The van der Waals surface area contributed by atoms with Crippen molar-refractivity contribution in [3.05, 3.63) is 29.8 Å². The fraction of sp³-hybridized carbons (Fsp3) is 0.500. The van der Waals surface area contributed by atoms with Gasteiger partial charge in [-0.2, -0.15) is 0 Å². The summed E-state index contributed by atoms with van der Waals surface area (Å²) in [6.45, 7) is 0. The van der Waals surface area contributed by atoms with E-state index in [1.54, 1.807) is 24.3 Å². The molecule has 0 bridgehead atoms. The maximum Gasteiger partial charge on any atom is 0.306 e. The first kappa shape index (κ1) is 14.8. The second kappa shape index (κ2) is 5.44. The van der Waals surface area contributed by atoms with Crippen molar-refractivity contribution in [3.8, 4) is 0 Å². The van der Waals surface area contributed by atoms with E-state index in [1.165, 1.54) is 7.11 Å². The van der Waals surface area contributed by atoms with E-state index in [0.29, 0.717) is 11.3 Å². The minimum atomic E-state index is -3.29. The summed E-state index contributed by atoms with van der Waals surface area (Å²) in [5, 5.41) is 0. The lowest BCUT2D eigenvalue weighted by molar-refractivity contribution is -0.141. The van der Waals surface area contributed by atoms with Gasteiger partial charge in [-0.15, -0.1) is 0 Å². The molecule has 0 atom stereocenters. The number of rotatable bonds is 6. The summed E-state index contributed by atoms with van der Waals surface area (Å²) in [6.07, 6.45) is 1.68. The number of esters is 1. The van der Waals surface area contributed by atoms with Crippen molar-refractivity contribution in [3.63, 3.8) is 0 Å². The molecule has 1 aliphatic carbocycles. The number of hydrogen-bond donors (Lipinski definition) is 1. The van der Waals surface area contributed by atoms with Gasteiger partial charge >= 0.3 is 5.97 Å². The predicted molar refractivity (Wildman–Crippen MR) is 76.6 cm³/mol. The number of anilines is 1. The largest absolute Gasteiger partial charge is 0.469 e. The highest BCUT2D eigenvalue weighted by atomic mass is 32.2. The molecule has 20 heavy (non-hydrogen) atoms. The Morgan fingerprint density at radius 3 is 2.55 bits per heavy atom. The molecule has 0 aliphatic heterocycles. The van der Waals surface area contributed by atoms with Crippen LogP contribution in [0.15, 0.2) is 24.3 Å². The molecule has 0 radical (unpaired) electrons. The van der Waals surface area contributed by atoms with Crippen molar-refractivity contribution in [1.82, 2.24) is 0 Å². The summed E-state index contributed by atoms with van der Waals surface area (Å²) in [5.41, 5.74) is 6.44. The summed E-state index contributed by atoms with van der Waals surface area (Å²) in [7, 11) is -1.98. The number of methoxy groups -OCH3 is 1. The third kappa shape index (κ3) is 3.72. The first-order chi connectivity index (χ1) is 9.36. The van der Waals surface area contributed by atoms with Crippen molar-refractivity contribution in [2.75, 3.05) is 18.6 Å². The second-order valence-electron chi connectivity index (χ2n) is 5.48. The number of carbonyl (C=O) groups excluding carboxylic acids is 1. The Hall–Kier alpha value is -1.56. The molecule has 0 spiro atoms. The van der Waals surface area contributed by atoms with Crippen LogP contribution >= 0.6 is 0 Å². The molecule has 1 aromatic rings.